The smallest absolute Gasteiger partial charge is 0.296 e. The number of nitrogens with one attached hydrogen (secondary N) is 1. The second-order valence-electron chi connectivity index (χ2n) is 4.67. The fourth-order valence-corrected chi connectivity index (χ4v) is 1.45. The van der Waals surface area contributed by atoms with E-state index in [1.54, 1.807) is 13.8 Å². The molecule has 3 N–H and O–H groups in total. The van der Waals surface area contributed by atoms with Gasteiger partial charge in [-0.15, -0.1) is 0 Å². The molecular weight excluding hydrogens is 272 g/mol. The topological polar surface area (TPSA) is 98.3 Å². The van der Waals surface area contributed by atoms with Crippen LogP contribution in [0.2, 0.25) is 0 Å². The Morgan fingerprint density at radius 1 is 1.45 bits per heavy atom. The standard InChI is InChI=1S/C12H15F2N3O3/c1-6(2)8(15)5-10(18)16-12-9(17(19)20)4-3-7(13)11(12)14/h3-4,6,8H,5,15H2,1-2H3,(H,16,18). The number of halogens is 2. The van der Waals surface area contributed by atoms with Crippen LogP contribution in [0.1, 0.15) is 20.3 Å². The largest absolute Gasteiger partial charge is 0.327 e. The van der Waals surface area contributed by atoms with E-state index < -0.39 is 39.9 Å². The predicted molar refractivity (Wildman–Crippen MR) is 69.1 cm³/mol. The van der Waals surface area contributed by atoms with Crippen molar-refractivity contribution in [3.05, 3.63) is 33.9 Å². The Morgan fingerprint density at radius 2 is 2.05 bits per heavy atom. The molecular formula is C12H15F2N3O3. The summed E-state index contributed by atoms with van der Waals surface area (Å²) in [6.07, 6.45) is -0.148. The van der Waals surface area contributed by atoms with Crippen LogP contribution < -0.4 is 11.1 Å². The number of anilines is 1. The fourth-order valence-electron chi connectivity index (χ4n) is 1.45. The number of rotatable bonds is 5. The van der Waals surface area contributed by atoms with Crippen molar-refractivity contribution in [1.29, 1.82) is 0 Å². The van der Waals surface area contributed by atoms with Gasteiger partial charge in [-0.1, -0.05) is 13.8 Å². The van der Waals surface area contributed by atoms with E-state index in [4.69, 9.17) is 5.73 Å². The highest BCUT2D eigenvalue weighted by molar-refractivity contribution is 5.93. The van der Waals surface area contributed by atoms with Crippen LogP contribution in [0.15, 0.2) is 12.1 Å². The van der Waals surface area contributed by atoms with E-state index in [-0.39, 0.29) is 12.3 Å². The Bertz CT molecular complexity index is 535. The van der Waals surface area contributed by atoms with Crippen molar-refractivity contribution in [3.63, 3.8) is 0 Å². The van der Waals surface area contributed by atoms with Crippen molar-refractivity contribution in [2.45, 2.75) is 26.3 Å². The van der Waals surface area contributed by atoms with Crippen molar-refractivity contribution < 1.29 is 18.5 Å². The number of carbonyl (C=O) groups is 1. The molecule has 0 aromatic heterocycles. The molecule has 20 heavy (non-hydrogen) atoms. The third-order valence-corrected chi connectivity index (χ3v) is 2.81. The molecule has 1 unspecified atom stereocenters. The van der Waals surface area contributed by atoms with E-state index in [0.717, 1.165) is 6.07 Å². The van der Waals surface area contributed by atoms with Gasteiger partial charge in [0.15, 0.2) is 17.3 Å². The van der Waals surface area contributed by atoms with Crippen LogP contribution in [0.25, 0.3) is 0 Å². The molecule has 8 heteroatoms. The van der Waals surface area contributed by atoms with E-state index in [9.17, 15) is 23.7 Å². The first-order valence-electron chi connectivity index (χ1n) is 5.91. The lowest BCUT2D eigenvalue weighted by atomic mass is 10.0. The minimum Gasteiger partial charge on any atom is -0.327 e. The van der Waals surface area contributed by atoms with Gasteiger partial charge in [-0.25, -0.2) is 8.78 Å². The maximum atomic E-state index is 13.6. The Morgan fingerprint density at radius 3 is 2.55 bits per heavy atom. The minimum atomic E-state index is -1.47. The molecule has 0 spiro atoms. The first-order valence-corrected chi connectivity index (χ1v) is 5.91. The molecule has 0 saturated heterocycles. The van der Waals surface area contributed by atoms with Gasteiger partial charge >= 0.3 is 0 Å². The van der Waals surface area contributed by atoms with Crippen molar-refractivity contribution in [3.8, 4) is 0 Å². The van der Waals surface area contributed by atoms with Gasteiger partial charge < -0.3 is 11.1 Å². The Hall–Kier alpha value is -2.09. The summed E-state index contributed by atoms with van der Waals surface area (Å²) in [7, 11) is 0. The number of benzene rings is 1. The fraction of sp³-hybridized carbons (Fsp3) is 0.417. The maximum absolute atomic E-state index is 13.6. The molecule has 1 rings (SSSR count). The summed E-state index contributed by atoms with van der Waals surface area (Å²) in [5.41, 5.74) is 4.18. The number of hydrogen-bond acceptors (Lipinski definition) is 4. The number of nitro benzene ring substituents is 1. The molecule has 0 saturated carbocycles. The summed E-state index contributed by atoms with van der Waals surface area (Å²) in [4.78, 5) is 21.5. The number of nitrogens with zero attached hydrogens (tertiary/aromatic N) is 1. The zero-order valence-electron chi connectivity index (χ0n) is 11.0. The monoisotopic (exact) mass is 287 g/mol. The minimum absolute atomic E-state index is 0.00749. The van der Waals surface area contributed by atoms with Crippen LogP contribution >= 0.6 is 0 Å². The van der Waals surface area contributed by atoms with Crippen LogP contribution in [-0.4, -0.2) is 16.9 Å². The van der Waals surface area contributed by atoms with Gasteiger partial charge in [0.05, 0.1) is 4.92 Å². The van der Waals surface area contributed by atoms with E-state index in [2.05, 4.69) is 0 Å². The molecule has 1 atom stereocenters. The van der Waals surface area contributed by atoms with Crippen molar-refractivity contribution in [2.75, 3.05) is 5.32 Å². The molecule has 0 radical (unpaired) electrons. The van der Waals surface area contributed by atoms with E-state index in [1.807, 2.05) is 5.32 Å². The van der Waals surface area contributed by atoms with Crippen LogP contribution in [0.4, 0.5) is 20.2 Å². The van der Waals surface area contributed by atoms with Gasteiger partial charge in [0.2, 0.25) is 5.91 Å². The van der Waals surface area contributed by atoms with Crippen molar-refractivity contribution in [2.24, 2.45) is 11.7 Å². The summed E-state index contributed by atoms with van der Waals surface area (Å²) < 4.78 is 26.6. The van der Waals surface area contributed by atoms with Crippen LogP contribution in [0.3, 0.4) is 0 Å². The van der Waals surface area contributed by atoms with Crippen LogP contribution in [0, 0.1) is 27.7 Å². The molecule has 0 fully saturated rings. The third-order valence-electron chi connectivity index (χ3n) is 2.81. The van der Waals surface area contributed by atoms with Gasteiger partial charge in [0.1, 0.15) is 0 Å². The highest BCUT2D eigenvalue weighted by atomic mass is 19.2. The molecule has 110 valence electrons. The van der Waals surface area contributed by atoms with Crippen molar-refractivity contribution >= 4 is 17.3 Å². The second-order valence-corrected chi connectivity index (χ2v) is 4.67. The first-order chi connectivity index (χ1) is 9.23. The average molecular weight is 287 g/mol. The molecule has 0 heterocycles. The zero-order chi connectivity index (χ0) is 15.4. The van der Waals surface area contributed by atoms with Gasteiger partial charge in [-0.3, -0.25) is 14.9 Å². The normalized spacial score (nSPS) is 12.3. The van der Waals surface area contributed by atoms with Crippen LogP contribution in [0.5, 0.6) is 0 Å². The summed E-state index contributed by atoms with van der Waals surface area (Å²) in [6, 6.07) is 0.935. The number of carbonyl (C=O) groups excluding carboxylic acids is 1. The number of nitrogens with two attached hydrogens (primary N) is 1. The van der Waals surface area contributed by atoms with Gasteiger partial charge in [-0.05, 0) is 12.0 Å². The zero-order valence-corrected chi connectivity index (χ0v) is 11.0. The third kappa shape index (κ3) is 3.70. The first kappa shape index (κ1) is 16.0. The van der Waals surface area contributed by atoms with Crippen LogP contribution in [-0.2, 0) is 4.79 Å². The Labute approximate surface area is 114 Å². The summed E-state index contributed by atoms with van der Waals surface area (Å²) in [6.45, 7) is 3.59. The lowest BCUT2D eigenvalue weighted by Crippen LogP contribution is -2.31. The number of nitro groups is 1. The molecule has 0 aliphatic heterocycles. The summed E-state index contributed by atoms with van der Waals surface area (Å²) in [5, 5.41) is 12.7. The summed E-state index contributed by atoms with van der Waals surface area (Å²) in [5.74, 6) is -3.45. The molecule has 1 aromatic carbocycles. The highest BCUT2D eigenvalue weighted by Gasteiger charge is 2.24. The quantitative estimate of drug-likeness (QED) is 0.640. The summed E-state index contributed by atoms with van der Waals surface area (Å²) >= 11 is 0. The van der Waals surface area contributed by atoms with Crippen molar-refractivity contribution in [1.82, 2.24) is 0 Å². The Kier molecular flexibility index (Phi) is 5.09. The molecule has 0 aliphatic carbocycles. The maximum Gasteiger partial charge on any atom is 0.296 e. The van der Waals surface area contributed by atoms with Gasteiger partial charge in [-0.2, -0.15) is 0 Å². The number of amides is 1. The van der Waals surface area contributed by atoms with E-state index in [0.29, 0.717) is 6.07 Å². The molecule has 1 amide bonds. The predicted octanol–water partition coefficient (Wildman–Crippen LogP) is 2.18. The lowest BCUT2D eigenvalue weighted by molar-refractivity contribution is -0.384. The number of hydrogen-bond donors (Lipinski definition) is 2. The Balaban J connectivity index is 2.99. The highest BCUT2D eigenvalue weighted by Crippen LogP contribution is 2.29. The average Bonchev–Trinajstić information content (AvgIpc) is 2.34. The molecule has 1 aromatic rings. The molecule has 0 bridgehead atoms. The van der Waals surface area contributed by atoms with E-state index >= 15 is 0 Å². The van der Waals surface area contributed by atoms with Gasteiger partial charge in [0.25, 0.3) is 5.69 Å². The molecule has 6 nitrogen and oxygen atoms in total. The lowest BCUT2D eigenvalue weighted by Gasteiger charge is -2.15. The van der Waals surface area contributed by atoms with Gasteiger partial charge in [0, 0.05) is 18.5 Å². The second kappa shape index (κ2) is 6.38. The molecule has 0 aliphatic rings. The SMILES string of the molecule is CC(C)C(N)CC(=O)Nc1c([N+](=O)[O-])ccc(F)c1F. The van der Waals surface area contributed by atoms with E-state index in [1.165, 1.54) is 0 Å².